The van der Waals surface area contributed by atoms with Crippen molar-refractivity contribution in [3.63, 3.8) is 0 Å². The Kier molecular flexibility index (Phi) is 4.30. The van der Waals surface area contributed by atoms with Gasteiger partial charge in [-0.2, -0.15) is 4.37 Å². The molecule has 1 aliphatic heterocycles. The highest BCUT2D eigenvalue weighted by Crippen LogP contribution is 2.39. The average molecular weight is 397 g/mol. The molecule has 1 saturated carbocycles. The molecule has 8 heteroatoms. The molecule has 1 saturated heterocycles. The van der Waals surface area contributed by atoms with Gasteiger partial charge in [0.25, 0.3) is 5.56 Å². The van der Waals surface area contributed by atoms with E-state index in [1.165, 1.54) is 24.4 Å². The lowest BCUT2D eigenvalue weighted by Gasteiger charge is -2.35. The number of hydrogen-bond donors (Lipinski definition) is 0. The number of rotatable bonds is 4. The summed E-state index contributed by atoms with van der Waals surface area (Å²) >= 11 is 1.53. The fraction of sp³-hybridized carbons (Fsp3) is 0.500. The zero-order valence-electron chi connectivity index (χ0n) is 16.2. The summed E-state index contributed by atoms with van der Waals surface area (Å²) < 4.78 is 6.21. The van der Waals surface area contributed by atoms with E-state index in [1.54, 1.807) is 10.9 Å². The van der Waals surface area contributed by atoms with E-state index in [2.05, 4.69) is 19.2 Å². The van der Waals surface area contributed by atoms with Crippen LogP contribution >= 0.6 is 11.5 Å². The van der Waals surface area contributed by atoms with Crippen molar-refractivity contribution in [1.29, 1.82) is 0 Å². The first-order chi connectivity index (χ1) is 13.6. The van der Waals surface area contributed by atoms with Crippen LogP contribution in [0.3, 0.4) is 0 Å². The van der Waals surface area contributed by atoms with Gasteiger partial charge in [0.15, 0.2) is 0 Å². The zero-order chi connectivity index (χ0) is 19.3. The van der Waals surface area contributed by atoms with Crippen molar-refractivity contribution in [1.82, 2.24) is 18.9 Å². The van der Waals surface area contributed by atoms with E-state index in [-0.39, 0.29) is 11.6 Å². The van der Waals surface area contributed by atoms with Gasteiger partial charge in [0, 0.05) is 55.4 Å². The molecule has 1 aliphatic carbocycles. The normalized spacial score (nSPS) is 17.7. The minimum absolute atomic E-state index is 0.0269. The lowest BCUT2D eigenvalue weighted by molar-refractivity contribution is 0.573. The highest BCUT2D eigenvalue weighted by Gasteiger charge is 2.29. The standard InChI is InChI=1S/C20H24N6OS/c1-13(2)26-12-21-17-11-15(5-6-16(17)19(26)27)24-7-9-25(10-8-24)20-22-18(23-28-20)14-3-4-14/h5-6,11-14H,3-4,7-10H2,1-2H3. The van der Waals surface area contributed by atoms with E-state index in [9.17, 15) is 4.79 Å². The molecule has 0 atom stereocenters. The molecule has 0 unspecified atom stereocenters. The third-order valence-electron chi connectivity index (χ3n) is 5.61. The molecule has 0 amide bonds. The molecule has 28 heavy (non-hydrogen) atoms. The summed E-state index contributed by atoms with van der Waals surface area (Å²) in [6.07, 6.45) is 4.13. The van der Waals surface area contributed by atoms with Gasteiger partial charge in [-0.3, -0.25) is 9.36 Å². The maximum atomic E-state index is 12.6. The number of hydrogen-bond acceptors (Lipinski definition) is 7. The van der Waals surface area contributed by atoms with Crippen LogP contribution in [0, 0.1) is 0 Å². The van der Waals surface area contributed by atoms with Crippen LogP contribution in [-0.4, -0.2) is 45.1 Å². The Morgan fingerprint density at radius 3 is 2.57 bits per heavy atom. The lowest BCUT2D eigenvalue weighted by Crippen LogP contribution is -2.46. The van der Waals surface area contributed by atoms with Crippen molar-refractivity contribution >= 4 is 33.3 Å². The summed E-state index contributed by atoms with van der Waals surface area (Å²) in [5.41, 5.74) is 1.91. The lowest BCUT2D eigenvalue weighted by atomic mass is 10.2. The Hall–Kier alpha value is -2.48. The molecule has 7 nitrogen and oxygen atoms in total. The highest BCUT2D eigenvalue weighted by molar-refractivity contribution is 7.09. The molecule has 3 heterocycles. The van der Waals surface area contributed by atoms with Crippen LogP contribution in [0.2, 0.25) is 0 Å². The topological polar surface area (TPSA) is 67.2 Å². The van der Waals surface area contributed by atoms with Gasteiger partial charge in [0.1, 0.15) is 5.82 Å². The van der Waals surface area contributed by atoms with Crippen molar-refractivity contribution < 1.29 is 0 Å². The Morgan fingerprint density at radius 2 is 1.86 bits per heavy atom. The van der Waals surface area contributed by atoms with Crippen LogP contribution in [-0.2, 0) is 0 Å². The summed E-state index contributed by atoms with van der Waals surface area (Å²) in [6.45, 7) is 7.70. The van der Waals surface area contributed by atoms with Gasteiger partial charge < -0.3 is 9.80 Å². The number of nitrogens with zero attached hydrogens (tertiary/aromatic N) is 6. The summed E-state index contributed by atoms with van der Waals surface area (Å²) in [7, 11) is 0. The SMILES string of the molecule is CC(C)n1cnc2cc(N3CCN(c4nc(C5CC5)ns4)CC3)ccc2c1=O. The Labute approximate surface area is 167 Å². The van der Waals surface area contributed by atoms with Crippen LogP contribution in [0.5, 0.6) is 0 Å². The highest BCUT2D eigenvalue weighted by atomic mass is 32.1. The molecule has 0 N–H and O–H groups in total. The van der Waals surface area contributed by atoms with Crippen LogP contribution < -0.4 is 15.4 Å². The molecule has 5 rings (SSSR count). The van der Waals surface area contributed by atoms with Gasteiger partial charge in [-0.1, -0.05) is 0 Å². The smallest absolute Gasteiger partial charge is 0.261 e. The van der Waals surface area contributed by atoms with Crippen molar-refractivity contribution in [2.75, 3.05) is 36.0 Å². The zero-order valence-corrected chi connectivity index (χ0v) is 17.0. The largest absolute Gasteiger partial charge is 0.368 e. The molecule has 1 aromatic carbocycles. The molecule has 3 aromatic rings. The predicted molar refractivity (Wildman–Crippen MR) is 113 cm³/mol. The number of fused-ring (bicyclic) bond motifs is 1. The van der Waals surface area contributed by atoms with E-state index in [4.69, 9.17) is 4.98 Å². The molecule has 0 spiro atoms. The molecule has 2 aliphatic rings. The fourth-order valence-electron chi connectivity index (χ4n) is 3.71. The first kappa shape index (κ1) is 17.6. The van der Waals surface area contributed by atoms with E-state index < -0.39 is 0 Å². The maximum Gasteiger partial charge on any atom is 0.261 e. The summed E-state index contributed by atoms with van der Waals surface area (Å²) in [5, 5.41) is 1.73. The number of piperazine rings is 1. The van der Waals surface area contributed by atoms with Crippen LogP contribution in [0.15, 0.2) is 29.3 Å². The quantitative estimate of drug-likeness (QED) is 0.675. The van der Waals surface area contributed by atoms with Crippen LogP contribution in [0.1, 0.15) is 44.5 Å². The fourth-order valence-corrected chi connectivity index (χ4v) is 4.50. The van der Waals surface area contributed by atoms with Gasteiger partial charge >= 0.3 is 0 Å². The molecule has 2 fully saturated rings. The second kappa shape index (κ2) is 6.84. The minimum Gasteiger partial charge on any atom is -0.368 e. The second-order valence-corrected chi connectivity index (χ2v) is 8.67. The van der Waals surface area contributed by atoms with Crippen molar-refractivity contribution in [3.8, 4) is 0 Å². The first-order valence-corrected chi connectivity index (χ1v) is 10.7. The van der Waals surface area contributed by atoms with E-state index in [0.717, 1.165) is 48.3 Å². The molecule has 146 valence electrons. The Bertz CT molecular complexity index is 1060. The van der Waals surface area contributed by atoms with Gasteiger partial charge in [0.2, 0.25) is 5.13 Å². The van der Waals surface area contributed by atoms with Gasteiger partial charge in [0.05, 0.1) is 17.2 Å². The summed E-state index contributed by atoms with van der Waals surface area (Å²) in [6, 6.07) is 6.10. The maximum absolute atomic E-state index is 12.6. The third kappa shape index (κ3) is 3.15. The number of aromatic nitrogens is 4. The van der Waals surface area contributed by atoms with Crippen LogP contribution in [0.4, 0.5) is 10.8 Å². The van der Waals surface area contributed by atoms with Gasteiger partial charge in [-0.05, 0) is 44.9 Å². The average Bonchev–Trinajstić information content (AvgIpc) is 3.44. The van der Waals surface area contributed by atoms with E-state index in [0.29, 0.717) is 11.3 Å². The van der Waals surface area contributed by atoms with Crippen molar-refractivity contribution in [3.05, 3.63) is 40.7 Å². The Balaban J connectivity index is 1.32. The number of benzene rings is 1. The molecule has 0 bridgehead atoms. The minimum atomic E-state index is 0.0269. The van der Waals surface area contributed by atoms with E-state index in [1.807, 2.05) is 32.0 Å². The third-order valence-corrected chi connectivity index (χ3v) is 6.40. The van der Waals surface area contributed by atoms with Crippen LogP contribution in [0.25, 0.3) is 10.9 Å². The van der Waals surface area contributed by atoms with Gasteiger partial charge in [-0.25, -0.2) is 9.97 Å². The Morgan fingerprint density at radius 1 is 1.11 bits per heavy atom. The van der Waals surface area contributed by atoms with E-state index >= 15 is 0 Å². The summed E-state index contributed by atoms with van der Waals surface area (Å²) in [5.74, 6) is 1.65. The first-order valence-electron chi connectivity index (χ1n) is 9.94. The number of anilines is 2. The van der Waals surface area contributed by atoms with Gasteiger partial charge in [-0.15, -0.1) is 0 Å². The molecule has 0 radical (unpaired) electrons. The second-order valence-electron chi connectivity index (χ2n) is 7.94. The molecular formula is C20H24N6OS. The molecule has 2 aromatic heterocycles. The monoisotopic (exact) mass is 396 g/mol. The summed E-state index contributed by atoms with van der Waals surface area (Å²) in [4.78, 5) is 26.5. The van der Waals surface area contributed by atoms with Crippen molar-refractivity contribution in [2.45, 2.75) is 38.6 Å². The predicted octanol–water partition coefficient (Wildman–Crippen LogP) is 3.03. The molecular weight excluding hydrogens is 372 g/mol. The van der Waals surface area contributed by atoms with Crippen molar-refractivity contribution in [2.24, 2.45) is 0 Å².